The standard InChI is InChI=1S/C23H15N.C16H14N.2ClH.2Cr/c1-15-21(14-17-8-3-5-12-23(17)24-15)20-11-6-10-19-18-9-4-2-7-16(18)13-22(19)20;1-2-7-16-13(5-1)8-9-14(16)10-11-15-6-3-4-12-17-15;;;;/h2-6,8-12,14,19H,1H3;1-8,12,14H,10-11H2;2*1H;;/q-2;-1;;;;+2. The van der Waals surface area contributed by atoms with Gasteiger partial charge in [0, 0.05) is 34.9 Å². The smallest absolute Gasteiger partial charge is 0.287 e. The van der Waals surface area contributed by atoms with Crippen molar-refractivity contribution in [1.29, 1.82) is 0 Å². The third-order valence-corrected chi connectivity index (χ3v) is 8.08. The van der Waals surface area contributed by atoms with E-state index in [4.69, 9.17) is 4.98 Å². The van der Waals surface area contributed by atoms with Crippen LogP contribution in [0.25, 0.3) is 22.6 Å². The summed E-state index contributed by atoms with van der Waals surface area (Å²) in [5, 5.41) is 1.17. The van der Waals surface area contributed by atoms with Gasteiger partial charge < -0.3 is 0 Å². The van der Waals surface area contributed by atoms with Crippen LogP contribution in [0.2, 0.25) is 0 Å². The van der Waals surface area contributed by atoms with Crippen LogP contribution in [0.1, 0.15) is 57.5 Å². The van der Waals surface area contributed by atoms with Gasteiger partial charge in [-0.25, -0.2) is 11.6 Å². The molecule has 3 aliphatic rings. The fraction of sp³-hybridized carbons (Fsp3) is 0.128. The molecule has 3 aromatic carbocycles. The van der Waals surface area contributed by atoms with E-state index in [-0.39, 0.29) is 65.5 Å². The van der Waals surface area contributed by atoms with Crippen LogP contribution in [-0.2, 0) is 41.1 Å². The van der Waals surface area contributed by atoms with Crippen molar-refractivity contribution in [1.82, 2.24) is 9.97 Å². The maximum Gasteiger partial charge on any atom is 2.00 e. The molecule has 224 valence electrons. The van der Waals surface area contributed by atoms with Gasteiger partial charge in [-0.15, -0.1) is 48.6 Å². The van der Waals surface area contributed by atoms with Gasteiger partial charge in [-0.1, -0.05) is 90.6 Å². The predicted octanol–water partition coefficient (Wildman–Crippen LogP) is 9.64. The van der Waals surface area contributed by atoms with Gasteiger partial charge in [-0.2, -0.15) is 22.8 Å². The molecule has 2 atom stereocenters. The molecule has 2 heterocycles. The maximum atomic E-state index is 4.80. The van der Waals surface area contributed by atoms with Gasteiger partial charge in [-0.05, 0) is 36.9 Å². The molecule has 6 heteroatoms. The van der Waals surface area contributed by atoms with Crippen molar-refractivity contribution < 1.29 is 34.7 Å². The number of aromatic nitrogens is 2. The van der Waals surface area contributed by atoms with Crippen molar-refractivity contribution in [3.8, 4) is 0 Å². The summed E-state index contributed by atoms with van der Waals surface area (Å²) >= 11 is 0. The predicted molar refractivity (Wildman–Crippen MR) is 181 cm³/mol. The van der Waals surface area contributed by atoms with E-state index < -0.39 is 0 Å². The minimum atomic E-state index is 0. The SMILES string of the molecule is Cc1nc2ccccc2cc1C1=CC=CC2C1=[C-]c1[c-]cccc12.Cl.Cl.[C-]1=Cc2ccccc2C1CCc1ccccn1.[Cr+2].[Cr]. The first-order valence-corrected chi connectivity index (χ1v) is 14.2. The van der Waals surface area contributed by atoms with Crippen LogP contribution >= 0.6 is 24.8 Å². The Hall–Kier alpha value is -3.18. The Morgan fingerprint density at radius 1 is 0.867 bits per heavy atom. The summed E-state index contributed by atoms with van der Waals surface area (Å²) in [5.41, 5.74) is 12.0. The van der Waals surface area contributed by atoms with Crippen molar-refractivity contribution in [3.63, 3.8) is 0 Å². The fourth-order valence-electron chi connectivity index (χ4n) is 6.01. The molecule has 0 fully saturated rings. The van der Waals surface area contributed by atoms with Gasteiger partial charge >= 0.3 is 17.4 Å². The Kier molecular flexibility index (Phi) is 13.2. The minimum absolute atomic E-state index is 0. The zero-order chi connectivity index (χ0) is 27.6. The second kappa shape index (κ2) is 16.4. The number of pyridine rings is 2. The number of allylic oxidation sites excluding steroid dienone is 6. The van der Waals surface area contributed by atoms with E-state index in [1.807, 2.05) is 30.5 Å². The van der Waals surface area contributed by atoms with E-state index in [1.54, 1.807) is 0 Å². The first kappa shape index (κ1) is 36.3. The molecule has 8 rings (SSSR count). The molecule has 0 saturated carbocycles. The summed E-state index contributed by atoms with van der Waals surface area (Å²) in [6.45, 7) is 2.09. The van der Waals surface area contributed by atoms with Crippen molar-refractivity contribution in [2.24, 2.45) is 0 Å². The quantitative estimate of drug-likeness (QED) is 0.175. The average Bonchev–Trinajstić information content (AvgIpc) is 3.62. The second-order valence-corrected chi connectivity index (χ2v) is 10.6. The number of aryl methyl sites for hydroxylation is 2. The van der Waals surface area contributed by atoms with E-state index in [1.165, 1.54) is 44.5 Å². The first-order chi connectivity index (χ1) is 20.2. The molecule has 3 aliphatic carbocycles. The van der Waals surface area contributed by atoms with Crippen molar-refractivity contribution >= 4 is 47.4 Å². The molecule has 0 bridgehead atoms. The summed E-state index contributed by atoms with van der Waals surface area (Å²) in [4.78, 5) is 9.16. The van der Waals surface area contributed by atoms with Crippen molar-refractivity contribution in [2.45, 2.75) is 31.6 Å². The van der Waals surface area contributed by atoms with Crippen LogP contribution in [0.4, 0.5) is 0 Å². The van der Waals surface area contributed by atoms with E-state index in [0.717, 1.165) is 29.6 Å². The van der Waals surface area contributed by atoms with Crippen LogP contribution < -0.4 is 0 Å². The van der Waals surface area contributed by atoms with Crippen molar-refractivity contribution in [2.75, 3.05) is 0 Å². The second-order valence-electron chi connectivity index (χ2n) is 10.6. The number of hydrogen-bond donors (Lipinski definition) is 0. The number of para-hydroxylation sites is 1. The molecule has 0 spiro atoms. The fourth-order valence-corrected chi connectivity index (χ4v) is 6.01. The van der Waals surface area contributed by atoms with E-state index in [9.17, 15) is 0 Å². The number of hydrogen-bond acceptors (Lipinski definition) is 2. The molecule has 45 heavy (non-hydrogen) atoms. The van der Waals surface area contributed by atoms with Gasteiger partial charge in [0.1, 0.15) is 0 Å². The van der Waals surface area contributed by atoms with Crippen LogP contribution in [0.3, 0.4) is 0 Å². The average molecular weight is 703 g/mol. The molecule has 2 unspecified atom stereocenters. The first-order valence-electron chi connectivity index (χ1n) is 14.2. The summed E-state index contributed by atoms with van der Waals surface area (Å²) in [6, 6.07) is 34.7. The summed E-state index contributed by atoms with van der Waals surface area (Å²) in [5.74, 6) is 0.719. The number of halogens is 2. The normalized spacial score (nSPS) is 16.1. The zero-order valence-electron chi connectivity index (χ0n) is 24.6. The third kappa shape index (κ3) is 7.63. The van der Waals surface area contributed by atoms with Crippen molar-refractivity contribution in [3.05, 3.63) is 178 Å². The van der Waals surface area contributed by atoms with Gasteiger partial charge in [0.25, 0.3) is 0 Å². The molecule has 0 aliphatic heterocycles. The van der Waals surface area contributed by atoms with Gasteiger partial charge in [-0.3, -0.25) is 33.7 Å². The molecule has 0 saturated heterocycles. The summed E-state index contributed by atoms with van der Waals surface area (Å²) in [6.07, 6.45) is 19.7. The Morgan fingerprint density at radius 3 is 2.49 bits per heavy atom. The van der Waals surface area contributed by atoms with E-state index in [0.29, 0.717) is 5.92 Å². The summed E-state index contributed by atoms with van der Waals surface area (Å²) < 4.78 is 0. The topological polar surface area (TPSA) is 25.8 Å². The van der Waals surface area contributed by atoms with Crippen LogP contribution in [-0.4, -0.2) is 9.97 Å². The molecular formula is C39H31Cl2Cr2N2-. The van der Waals surface area contributed by atoms with Gasteiger partial charge in [0.15, 0.2) is 0 Å². The number of rotatable bonds is 4. The Balaban J connectivity index is 0.000000236. The molecule has 0 amide bonds. The van der Waals surface area contributed by atoms with E-state index >= 15 is 0 Å². The third-order valence-electron chi connectivity index (χ3n) is 8.08. The molecule has 0 radical (unpaired) electrons. The van der Waals surface area contributed by atoms with Crippen LogP contribution in [0.5, 0.6) is 0 Å². The number of nitrogens with zero attached hydrogens (tertiary/aromatic N) is 2. The summed E-state index contributed by atoms with van der Waals surface area (Å²) in [7, 11) is 0. The van der Waals surface area contributed by atoms with Crippen LogP contribution in [0, 0.1) is 25.1 Å². The Labute approximate surface area is 300 Å². The van der Waals surface area contributed by atoms with E-state index in [2.05, 4.69) is 121 Å². The number of fused-ring (bicyclic) bond motifs is 5. The van der Waals surface area contributed by atoms with Gasteiger partial charge in [0.2, 0.25) is 0 Å². The molecule has 2 aromatic heterocycles. The zero-order valence-corrected chi connectivity index (χ0v) is 28.8. The largest absolute Gasteiger partial charge is 2.00 e. The molecular weight excluding hydrogens is 671 g/mol. The molecule has 0 N–H and O–H groups in total. The molecule has 5 aromatic rings. The Bertz CT molecular complexity index is 1880. The van der Waals surface area contributed by atoms with Gasteiger partial charge in [0.05, 0.1) is 5.52 Å². The molecule has 2 nitrogen and oxygen atoms in total. The minimum Gasteiger partial charge on any atom is -0.287 e. The number of benzene rings is 3. The monoisotopic (exact) mass is 701 g/mol. The van der Waals surface area contributed by atoms with Crippen LogP contribution in [0.15, 0.2) is 121 Å². The Morgan fingerprint density at radius 2 is 1.64 bits per heavy atom. The maximum absolute atomic E-state index is 4.80.